The van der Waals surface area contributed by atoms with Gasteiger partial charge in [-0.05, 0) is 30.2 Å². The molecule has 0 aromatic heterocycles. The number of amides is 2. The summed E-state index contributed by atoms with van der Waals surface area (Å²) in [5.74, 6) is -1.88. The third-order valence-electron chi connectivity index (χ3n) is 6.58. The molecule has 0 unspecified atom stereocenters. The van der Waals surface area contributed by atoms with E-state index in [0.717, 1.165) is 11.1 Å². The van der Waals surface area contributed by atoms with Crippen molar-refractivity contribution in [1.82, 2.24) is 0 Å². The Balaban J connectivity index is 1.63. The Kier molecular flexibility index (Phi) is 5.06. The van der Waals surface area contributed by atoms with Gasteiger partial charge in [-0.1, -0.05) is 84.9 Å². The molecule has 1 fully saturated rings. The maximum Gasteiger partial charge on any atom is 0.238 e. The molecule has 0 radical (unpaired) electrons. The van der Waals surface area contributed by atoms with Crippen molar-refractivity contribution in [2.75, 3.05) is 4.90 Å². The van der Waals surface area contributed by atoms with Gasteiger partial charge in [-0.25, -0.2) is 4.90 Å². The highest BCUT2D eigenvalue weighted by Gasteiger charge is 2.55. The van der Waals surface area contributed by atoms with Gasteiger partial charge < -0.3 is 0 Å². The van der Waals surface area contributed by atoms with Crippen molar-refractivity contribution < 1.29 is 14.4 Å². The van der Waals surface area contributed by atoms with E-state index in [-0.39, 0.29) is 29.4 Å². The predicted molar refractivity (Wildman–Crippen MR) is 123 cm³/mol. The minimum Gasteiger partial charge on any atom is -0.295 e. The monoisotopic (exact) mass is 421 g/mol. The van der Waals surface area contributed by atoms with E-state index in [1.54, 1.807) is 24.3 Å². The van der Waals surface area contributed by atoms with Crippen molar-refractivity contribution in [2.24, 2.45) is 11.8 Å². The minimum absolute atomic E-state index is 0.102. The number of Topliss-reactive ketones (excluding diaryl/α,β-unsaturated/α-hetero) is 1. The third-order valence-corrected chi connectivity index (χ3v) is 6.58. The summed E-state index contributed by atoms with van der Waals surface area (Å²) < 4.78 is 0. The first-order valence-corrected chi connectivity index (χ1v) is 10.8. The van der Waals surface area contributed by atoms with Crippen LogP contribution in [0.25, 0.3) is 0 Å². The molecule has 0 spiro atoms. The van der Waals surface area contributed by atoms with Gasteiger partial charge in [0.1, 0.15) is 0 Å². The lowest BCUT2D eigenvalue weighted by atomic mass is 9.68. The van der Waals surface area contributed by atoms with Crippen LogP contribution in [-0.4, -0.2) is 17.6 Å². The quantitative estimate of drug-likeness (QED) is 0.333. The molecule has 0 N–H and O–H groups in total. The second-order valence-corrected chi connectivity index (χ2v) is 8.43. The van der Waals surface area contributed by atoms with E-state index in [0.29, 0.717) is 11.3 Å². The molecular weight excluding hydrogens is 398 g/mol. The zero-order chi connectivity index (χ0) is 22.2. The first-order chi connectivity index (χ1) is 15.6. The molecule has 32 heavy (non-hydrogen) atoms. The fourth-order valence-corrected chi connectivity index (χ4v) is 5.05. The number of hydrogen-bond acceptors (Lipinski definition) is 3. The molecular formula is C28H23NO3. The number of fused-ring (bicyclic) bond motifs is 1. The standard InChI is InChI=1S/C28H23NO3/c1-18(30)21-13-8-14-22(17-21)29-27(31)25-23(19-9-4-2-5-10-19)15-16-24(26(25)28(29)32)20-11-6-3-7-12-20/h2-17,23-26H,1H3/t23-,24-,25-,26+/m1/s1. The average Bonchev–Trinajstić information content (AvgIpc) is 3.10. The molecule has 158 valence electrons. The predicted octanol–water partition coefficient (Wildman–Crippen LogP) is 5.13. The second kappa shape index (κ2) is 8.04. The number of benzene rings is 3. The molecule has 1 aliphatic carbocycles. The van der Waals surface area contributed by atoms with Gasteiger partial charge in [-0.2, -0.15) is 0 Å². The Morgan fingerprint density at radius 3 is 1.66 bits per heavy atom. The normalized spacial score (nSPS) is 24.5. The maximum absolute atomic E-state index is 13.8. The number of carbonyl (C=O) groups is 3. The molecule has 5 rings (SSSR count). The minimum atomic E-state index is -0.499. The summed E-state index contributed by atoms with van der Waals surface area (Å²) in [6.45, 7) is 1.48. The van der Waals surface area contributed by atoms with Crippen molar-refractivity contribution >= 4 is 23.3 Å². The lowest BCUT2D eigenvalue weighted by molar-refractivity contribution is -0.122. The molecule has 1 aliphatic heterocycles. The van der Waals surface area contributed by atoms with Crippen LogP contribution in [0.1, 0.15) is 40.2 Å². The number of nitrogens with zero attached hydrogens (tertiary/aromatic N) is 1. The Hall–Kier alpha value is -3.79. The van der Waals surface area contributed by atoms with Crippen molar-refractivity contribution in [3.63, 3.8) is 0 Å². The number of allylic oxidation sites excluding steroid dienone is 2. The smallest absolute Gasteiger partial charge is 0.238 e. The van der Waals surface area contributed by atoms with Crippen molar-refractivity contribution in [3.05, 3.63) is 114 Å². The molecule has 3 aromatic carbocycles. The summed E-state index contributed by atoms with van der Waals surface area (Å²) in [7, 11) is 0. The fourth-order valence-electron chi connectivity index (χ4n) is 5.05. The van der Waals surface area contributed by atoms with E-state index in [1.165, 1.54) is 11.8 Å². The molecule has 4 heteroatoms. The summed E-state index contributed by atoms with van der Waals surface area (Å²) in [6.07, 6.45) is 4.16. The summed E-state index contributed by atoms with van der Waals surface area (Å²) in [6, 6.07) is 26.5. The highest BCUT2D eigenvalue weighted by Crippen LogP contribution is 2.50. The Labute approximate surface area is 187 Å². The zero-order valence-corrected chi connectivity index (χ0v) is 17.7. The van der Waals surface area contributed by atoms with E-state index in [9.17, 15) is 14.4 Å². The van der Waals surface area contributed by atoms with Crippen LogP contribution in [0.2, 0.25) is 0 Å². The first kappa shape index (κ1) is 20.1. The summed E-state index contributed by atoms with van der Waals surface area (Å²) >= 11 is 0. The Bertz CT molecular complexity index is 1150. The second-order valence-electron chi connectivity index (χ2n) is 8.43. The number of imide groups is 1. The Morgan fingerprint density at radius 2 is 1.19 bits per heavy atom. The number of rotatable bonds is 4. The van der Waals surface area contributed by atoms with Crippen LogP contribution in [-0.2, 0) is 9.59 Å². The number of carbonyl (C=O) groups excluding carboxylic acids is 3. The van der Waals surface area contributed by atoms with Gasteiger partial charge in [0, 0.05) is 17.4 Å². The van der Waals surface area contributed by atoms with Gasteiger partial charge in [0.15, 0.2) is 5.78 Å². The van der Waals surface area contributed by atoms with E-state index >= 15 is 0 Å². The van der Waals surface area contributed by atoms with Crippen LogP contribution in [0.4, 0.5) is 5.69 Å². The molecule has 0 saturated carbocycles. The molecule has 4 nitrogen and oxygen atoms in total. The average molecular weight is 421 g/mol. The highest BCUT2D eigenvalue weighted by atomic mass is 16.2. The summed E-state index contributed by atoms with van der Waals surface area (Å²) in [4.78, 5) is 40.8. The number of ketones is 1. The van der Waals surface area contributed by atoms with Gasteiger partial charge in [-0.3, -0.25) is 14.4 Å². The van der Waals surface area contributed by atoms with E-state index in [4.69, 9.17) is 0 Å². The number of anilines is 1. The maximum atomic E-state index is 13.8. The molecule has 0 bridgehead atoms. The lowest BCUT2D eigenvalue weighted by Gasteiger charge is -2.32. The Morgan fingerprint density at radius 1 is 0.688 bits per heavy atom. The molecule has 3 aromatic rings. The van der Waals surface area contributed by atoms with Crippen LogP contribution in [0, 0.1) is 11.8 Å². The van der Waals surface area contributed by atoms with Crippen LogP contribution >= 0.6 is 0 Å². The molecule has 2 aliphatic rings. The van der Waals surface area contributed by atoms with E-state index in [1.807, 2.05) is 60.7 Å². The molecule has 2 amide bonds. The highest BCUT2D eigenvalue weighted by molar-refractivity contribution is 6.23. The SMILES string of the molecule is CC(=O)c1cccc(N2C(=O)[C@@H]3[C@H](C2=O)[C@@H](c2ccccc2)C=C[C@@H]3c2ccccc2)c1. The lowest BCUT2D eigenvalue weighted by Crippen LogP contribution is -2.31. The molecule has 1 saturated heterocycles. The van der Waals surface area contributed by atoms with Gasteiger partial charge >= 0.3 is 0 Å². The van der Waals surface area contributed by atoms with Crippen LogP contribution in [0.3, 0.4) is 0 Å². The van der Waals surface area contributed by atoms with E-state index in [2.05, 4.69) is 12.2 Å². The van der Waals surface area contributed by atoms with E-state index < -0.39 is 11.8 Å². The van der Waals surface area contributed by atoms with Gasteiger partial charge in [-0.15, -0.1) is 0 Å². The summed E-state index contributed by atoms with van der Waals surface area (Å²) in [5, 5.41) is 0. The van der Waals surface area contributed by atoms with Crippen molar-refractivity contribution in [3.8, 4) is 0 Å². The van der Waals surface area contributed by atoms with Gasteiger partial charge in [0.25, 0.3) is 0 Å². The largest absolute Gasteiger partial charge is 0.295 e. The van der Waals surface area contributed by atoms with Gasteiger partial charge in [0.2, 0.25) is 11.8 Å². The van der Waals surface area contributed by atoms with Crippen molar-refractivity contribution in [1.29, 1.82) is 0 Å². The van der Waals surface area contributed by atoms with Crippen LogP contribution in [0.5, 0.6) is 0 Å². The van der Waals surface area contributed by atoms with Gasteiger partial charge in [0.05, 0.1) is 17.5 Å². The topological polar surface area (TPSA) is 54.5 Å². The summed E-state index contributed by atoms with van der Waals surface area (Å²) in [5.41, 5.74) is 2.98. The zero-order valence-electron chi connectivity index (χ0n) is 17.7. The molecule has 4 atom stereocenters. The van der Waals surface area contributed by atoms with Crippen molar-refractivity contribution in [2.45, 2.75) is 18.8 Å². The number of hydrogen-bond donors (Lipinski definition) is 0. The van der Waals surface area contributed by atoms with Crippen LogP contribution < -0.4 is 4.90 Å². The first-order valence-electron chi connectivity index (χ1n) is 10.8. The third kappa shape index (κ3) is 3.28. The molecule has 1 heterocycles. The fraction of sp³-hybridized carbons (Fsp3) is 0.179. The van der Waals surface area contributed by atoms with Crippen LogP contribution in [0.15, 0.2) is 97.1 Å².